The Hall–Kier alpha value is -0.660. The molecule has 1 unspecified atom stereocenters. The number of rotatable bonds is 5. The molecule has 1 atom stereocenters. The molecule has 0 radical (unpaired) electrons. The van der Waals surface area contributed by atoms with Gasteiger partial charge >= 0.3 is 0 Å². The van der Waals surface area contributed by atoms with Crippen molar-refractivity contribution in [3.05, 3.63) is 0 Å². The summed E-state index contributed by atoms with van der Waals surface area (Å²) in [5.74, 6) is 0.896. The van der Waals surface area contributed by atoms with Gasteiger partial charge in [0.15, 0.2) is 0 Å². The van der Waals surface area contributed by atoms with Crippen LogP contribution >= 0.6 is 11.8 Å². The predicted molar refractivity (Wildman–Crippen MR) is 75.5 cm³/mol. The van der Waals surface area contributed by atoms with Crippen LogP contribution in [-0.2, 0) is 11.3 Å². The van der Waals surface area contributed by atoms with Crippen LogP contribution in [0.25, 0.3) is 0 Å². The molecule has 2 heterocycles. The van der Waals surface area contributed by atoms with Crippen molar-refractivity contribution in [2.75, 3.05) is 12.4 Å². The number of tetrazole rings is 1. The third-order valence-corrected chi connectivity index (χ3v) is 5.40. The molecule has 0 aromatic carbocycles. The highest BCUT2D eigenvalue weighted by Crippen LogP contribution is 2.42. The quantitative estimate of drug-likeness (QED) is 0.833. The van der Waals surface area contributed by atoms with E-state index in [2.05, 4.69) is 15.5 Å². The summed E-state index contributed by atoms with van der Waals surface area (Å²) in [6.45, 7) is 0.506. The van der Waals surface area contributed by atoms with Gasteiger partial charge in [-0.3, -0.25) is 0 Å². The van der Waals surface area contributed by atoms with Crippen LogP contribution in [0.1, 0.15) is 44.9 Å². The van der Waals surface area contributed by atoms with E-state index in [1.165, 1.54) is 38.5 Å². The van der Waals surface area contributed by atoms with E-state index in [9.17, 15) is 0 Å². The van der Waals surface area contributed by atoms with Gasteiger partial charge in [-0.25, -0.2) is 4.68 Å². The number of aromatic nitrogens is 4. The second-order valence-corrected chi connectivity index (χ2v) is 6.73. The maximum atomic E-state index is 8.96. The van der Waals surface area contributed by atoms with Crippen molar-refractivity contribution in [3.63, 3.8) is 0 Å². The summed E-state index contributed by atoms with van der Waals surface area (Å²) in [5.41, 5.74) is 0.181. The lowest BCUT2D eigenvalue weighted by molar-refractivity contribution is -0.0555. The first-order chi connectivity index (χ1) is 9.81. The van der Waals surface area contributed by atoms with Crippen molar-refractivity contribution >= 4 is 11.8 Å². The molecule has 2 fully saturated rings. The summed E-state index contributed by atoms with van der Waals surface area (Å²) in [5, 5.41) is 21.3. The predicted octanol–water partition coefficient (Wildman–Crippen LogP) is 1.64. The van der Waals surface area contributed by atoms with Gasteiger partial charge in [0.05, 0.1) is 24.9 Å². The average Bonchev–Trinajstić information content (AvgIpc) is 3.06. The summed E-state index contributed by atoms with van der Waals surface area (Å²) >= 11 is 1.63. The Morgan fingerprint density at radius 2 is 2.15 bits per heavy atom. The number of hydrogen-bond donors (Lipinski definition) is 1. The molecular weight excluding hydrogens is 276 g/mol. The smallest absolute Gasteiger partial charge is 0.209 e. The van der Waals surface area contributed by atoms with E-state index in [0.29, 0.717) is 12.6 Å². The first-order valence-corrected chi connectivity index (χ1v) is 8.48. The standard InChI is InChI=1S/C13H22N4O2S/c18-9-8-17-12(14-15-16-17)20-10-11-4-7-13(19-11)5-2-1-3-6-13/h11,18H,1-10H2. The molecule has 1 saturated carbocycles. The minimum atomic E-state index is 0.0572. The zero-order valence-corrected chi connectivity index (χ0v) is 12.5. The monoisotopic (exact) mass is 298 g/mol. The van der Waals surface area contributed by atoms with Gasteiger partial charge in [-0.15, -0.1) is 5.10 Å². The van der Waals surface area contributed by atoms with Crippen molar-refractivity contribution < 1.29 is 9.84 Å². The van der Waals surface area contributed by atoms with Crippen LogP contribution in [0.3, 0.4) is 0 Å². The van der Waals surface area contributed by atoms with Crippen LogP contribution in [-0.4, -0.2) is 49.4 Å². The van der Waals surface area contributed by atoms with Crippen molar-refractivity contribution in [2.24, 2.45) is 0 Å². The highest BCUT2D eigenvalue weighted by atomic mass is 32.2. The number of hydrogen-bond acceptors (Lipinski definition) is 6. The molecule has 1 aliphatic heterocycles. The zero-order valence-electron chi connectivity index (χ0n) is 11.7. The maximum absolute atomic E-state index is 8.96. The highest BCUT2D eigenvalue weighted by molar-refractivity contribution is 7.99. The third-order valence-electron chi connectivity index (χ3n) is 4.31. The number of ether oxygens (including phenoxy) is 1. The van der Waals surface area contributed by atoms with E-state index >= 15 is 0 Å². The van der Waals surface area contributed by atoms with E-state index < -0.39 is 0 Å². The molecule has 3 rings (SSSR count). The Labute approximate surface area is 123 Å². The molecule has 112 valence electrons. The van der Waals surface area contributed by atoms with E-state index in [-0.39, 0.29) is 12.2 Å². The summed E-state index contributed by atoms with van der Waals surface area (Å²) in [4.78, 5) is 0. The Bertz CT molecular complexity index is 434. The maximum Gasteiger partial charge on any atom is 0.209 e. The minimum Gasteiger partial charge on any atom is -0.394 e. The molecule has 2 aliphatic rings. The molecule has 6 nitrogen and oxygen atoms in total. The molecule has 7 heteroatoms. The van der Waals surface area contributed by atoms with E-state index in [1.54, 1.807) is 16.4 Å². The molecule has 1 spiro atoms. The molecule has 1 aromatic heterocycles. The molecule has 1 aliphatic carbocycles. The fourth-order valence-corrected chi connectivity index (χ4v) is 4.22. The Morgan fingerprint density at radius 1 is 1.30 bits per heavy atom. The first-order valence-electron chi connectivity index (χ1n) is 7.49. The molecule has 1 N–H and O–H groups in total. The molecule has 0 amide bonds. The van der Waals surface area contributed by atoms with Gasteiger partial charge in [-0.1, -0.05) is 31.0 Å². The number of thioether (sulfide) groups is 1. The van der Waals surface area contributed by atoms with Crippen LogP contribution in [0.2, 0.25) is 0 Å². The lowest BCUT2D eigenvalue weighted by atomic mass is 9.83. The van der Waals surface area contributed by atoms with Gasteiger partial charge in [-0.05, 0) is 36.1 Å². The second-order valence-electron chi connectivity index (χ2n) is 5.74. The SMILES string of the molecule is OCCn1nnnc1SCC1CCC2(CCCCC2)O1. The molecule has 20 heavy (non-hydrogen) atoms. The fourth-order valence-electron chi connectivity index (χ4n) is 3.28. The molecular formula is C13H22N4O2S. The lowest BCUT2D eigenvalue weighted by Gasteiger charge is -2.33. The fraction of sp³-hybridized carbons (Fsp3) is 0.923. The Kier molecular flexibility index (Phi) is 4.58. The van der Waals surface area contributed by atoms with E-state index in [0.717, 1.165) is 17.3 Å². The van der Waals surface area contributed by atoms with Gasteiger partial charge < -0.3 is 9.84 Å². The van der Waals surface area contributed by atoms with Crippen LogP contribution in [0.5, 0.6) is 0 Å². The second kappa shape index (κ2) is 6.41. The van der Waals surface area contributed by atoms with Crippen molar-refractivity contribution in [1.29, 1.82) is 0 Å². The largest absolute Gasteiger partial charge is 0.394 e. The zero-order chi connectivity index (χ0) is 13.8. The molecule has 0 bridgehead atoms. The van der Waals surface area contributed by atoms with Crippen molar-refractivity contribution in [1.82, 2.24) is 20.2 Å². The number of aliphatic hydroxyl groups is 1. The lowest BCUT2D eigenvalue weighted by Crippen LogP contribution is -2.32. The van der Waals surface area contributed by atoms with Gasteiger partial charge in [0.25, 0.3) is 0 Å². The third kappa shape index (κ3) is 3.15. The van der Waals surface area contributed by atoms with Crippen LogP contribution in [0.15, 0.2) is 5.16 Å². The summed E-state index contributed by atoms with van der Waals surface area (Å²) < 4.78 is 7.99. The topological polar surface area (TPSA) is 73.1 Å². The van der Waals surface area contributed by atoms with Gasteiger partial charge in [0, 0.05) is 5.75 Å². The number of nitrogens with zero attached hydrogens (tertiary/aromatic N) is 4. The van der Waals surface area contributed by atoms with Gasteiger partial charge in [-0.2, -0.15) is 0 Å². The average molecular weight is 298 g/mol. The summed E-state index contributed by atoms with van der Waals surface area (Å²) in [6, 6.07) is 0. The minimum absolute atomic E-state index is 0.0572. The van der Waals surface area contributed by atoms with Crippen LogP contribution < -0.4 is 0 Å². The molecule has 1 saturated heterocycles. The van der Waals surface area contributed by atoms with Crippen molar-refractivity contribution in [3.8, 4) is 0 Å². The summed E-state index contributed by atoms with van der Waals surface area (Å²) in [7, 11) is 0. The van der Waals surface area contributed by atoms with Crippen molar-refractivity contribution in [2.45, 2.75) is 68.4 Å². The van der Waals surface area contributed by atoms with E-state index in [1.807, 2.05) is 0 Å². The number of aliphatic hydroxyl groups excluding tert-OH is 1. The highest BCUT2D eigenvalue weighted by Gasteiger charge is 2.40. The first kappa shape index (κ1) is 14.3. The summed E-state index contributed by atoms with van der Waals surface area (Å²) in [6.07, 6.45) is 9.13. The van der Waals surface area contributed by atoms with Crippen LogP contribution in [0, 0.1) is 0 Å². The Morgan fingerprint density at radius 3 is 2.95 bits per heavy atom. The van der Waals surface area contributed by atoms with Crippen LogP contribution in [0.4, 0.5) is 0 Å². The van der Waals surface area contributed by atoms with Gasteiger partial charge in [0.1, 0.15) is 0 Å². The normalized spacial score (nSPS) is 25.4. The van der Waals surface area contributed by atoms with E-state index in [4.69, 9.17) is 9.84 Å². The Balaban J connectivity index is 1.51. The van der Waals surface area contributed by atoms with Gasteiger partial charge in [0.2, 0.25) is 5.16 Å². The molecule has 1 aromatic rings.